The zero-order valence-electron chi connectivity index (χ0n) is 17.8. The van der Waals surface area contributed by atoms with Crippen LogP contribution in [0.1, 0.15) is 42.9 Å². The van der Waals surface area contributed by atoms with E-state index in [9.17, 15) is 9.59 Å². The van der Waals surface area contributed by atoms with Crippen molar-refractivity contribution < 1.29 is 14.3 Å². The maximum absolute atomic E-state index is 12.9. The van der Waals surface area contributed by atoms with Crippen LogP contribution in [0.3, 0.4) is 0 Å². The molecular formula is C26H30N2O3. The van der Waals surface area contributed by atoms with Crippen molar-refractivity contribution in [2.45, 2.75) is 38.3 Å². The summed E-state index contributed by atoms with van der Waals surface area (Å²) in [6.07, 6.45) is 5.48. The molecule has 0 fully saturated rings. The van der Waals surface area contributed by atoms with Gasteiger partial charge in [-0.25, -0.2) is 0 Å². The molecule has 1 aliphatic heterocycles. The molecule has 2 aromatic rings. The minimum atomic E-state index is -0.499. The first-order valence-electron chi connectivity index (χ1n) is 10.7. The SMILES string of the molecule is C=C(C[C@@H]1C/C=C/CCC(=O)O[C@H](c2ccccc2)CNC1=O)NCc1ccccc1. The molecule has 0 radical (unpaired) electrons. The van der Waals surface area contributed by atoms with Crippen LogP contribution in [-0.4, -0.2) is 18.4 Å². The number of ether oxygens (including phenoxy) is 1. The Kier molecular flexibility index (Phi) is 8.47. The third kappa shape index (κ3) is 7.45. The average Bonchev–Trinajstić information content (AvgIpc) is 2.79. The Morgan fingerprint density at radius 2 is 1.74 bits per heavy atom. The average molecular weight is 419 g/mol. The van der Waals surface area contributed by atoms with E-state index in [1.165, 1.54) is 5.56 Å². The van der Waals surface area contributed by atoms with Crippen LogP contribution in [0.2, 0.25) is 0 Å². The third-order valence-corrected chi connectivity index (χ3v) is 5.26. The second-order valence-electron chi connectivity index (χ2n) is 7.72. The Morgan fingerprint density at radius 1 is 1.03 bits per heavy atom. The molecule has 2 aromatic carbocycles. The number of allylic oxidation sites excluding steroid dienone is 3. The molecule has 5 nitrogen and oxygen atoms in total. The Hall–Kier alpha value is -3.34. The summed E-state index contributed by atoms with van der Waals surface area (Å²) in [4.78, 5) is 25.1. The highest BCUT2D eigenvalue weighted by Crippen LogP contribution is 2.20. The number of benzene rings is 2. The topological polar surface area (TPSA) is 67.4 Å². The van der Waals surface area contributed by atoms with E-state index < -0.39 is 6.10 Å². The largest absolute Gasteiger partial charge is 0.456 e. The van der Waals surface area contributed by atoms with Gasteiger partial charge < -0.3 is 15.4 Å². The summed E-state index contributed by atoms with van der Waals surface area (Å²) >= 11 is 0. The number of hydrogen-bond donors (Lipinski definition) is 2. The molecule has 0 aliphatic carbocycles. The lowest BCUT2D eigenvalue weighted by molar-refractivity contribution is -0.150. The van der Waals surface area contributed by atoms with Gasteiger partial charge >= 0.3 is 5.97 Å². The number of rotatable bonds is 6. The fraction of sp³-hybridized carbons (Fsp3) is 0.308. The third-order valence-electron chi connectivity index (χ3n) is 5.26. The minimum Gasteiger partial charge on any atom is -0.456 e. The molecule has 162 valence electrons. The van der Waals surface area contributed by atoms with E-state index in [1.807, 2.05) is 60.7 Å². The number of nitrogens with one attached hydrogen (secondary N) is 2. The van der Waals surface area contributed by atoms with Crippen LogP contribution in [0.5, 0.6) is 0 Å². The summed E-state index contributed by atoms with van der Waals surface area (Å²) in [5.74, 6) is -0.563. The Labute approximate surface area is 184 Å². The minimum absolute atomic E-state index is 0.0649. The number of esters is 1. The van der Waals surface area contributed by atoms with Gasteiger partial charge in [-0.15, -0.1) is 0 Å². The molecule has 2 N–H and O–H groups in total. The van der Waals surface area contributed by atoms with Gasteiger partial charge in [-0.05, 0) is 30.4 Å². The van der Waals surface area contributed by atoms with Crippen LogP contribution in [-0.2, 0) is 20.9 Å². The van der Waals surface area contributed by atoms with E-state index in [0.717, 1.165) is 11.3 Å². The van der Waals surface area contributed by atoms with Crippen molar-refractivity contribution in [3.8, 4) is 0 Å². The molecule has 1 heterocycles. The molecule has 31 heavy (non-hydrogen) atoms. The zero-order chi connectivity index (χ0) is 21.9. The van der Waals surface area contributed by atoms with Crippen LogP contribution >= 0.6 is 0 Å². The predicted octanol–water partition coefficient (Wildman–Crippen LogP) is 4.44. The van der Waals surface area contributed by atoms with E-state index in [4.69, 9.17) is 4.74 Å². The predicted molar refractivity (Wildman–Crippen MR) is 122 cm³/mol. The lowest BCUT2D eigenvalue weighted by atomic mass is 9.97. The quantitative estimate of drug-likeness (QED) is 0.538. The molecule has 1 aliphatic rings. The van der Waals surface area contributed by atoms with Gasteiger partial charge in [-0.3, -0.25) is 9.59 Å². The maximum atomic E-state index is 12.9. The summed E-state index contributed by atoms with van der Waals surface area (Å²) in [5.41, 5.74) is 2.86. The molecule has 2 atom stereocenters. The van der Waals surface area contributed by atoms with Crippen LogP contribution in [0.15, 0.2) is 85.1 Å². The second kappa shape index (κ2) is 11.7. The van der Waals surface area contributed by atoms with Crippen LogP contribution in [0.4, 0.5) is 0 Å². The first kappa shape index (κ1) is 22.3. The van der Waals surface area contributed by atoms with Gasteiger partial charge in [-0.1, -0.05) is 79.4 Å². The number of carbonyl (C=O) groups is 2. The van der Waals surface area contributed by atoms with E-state index >= 15 is 0 Å². The highest BCUT2D eigenvalue weighted by atomic mass is 16.5. The summed E-state index contributed by atoms with van der Waals surface area (Å²) in [6, 6.07) is 19.6. The summed E-state index contributed by atoms with van der Waals surface area (Å²) in [6.45, 7) is 5.04. The fourth-order valence-electron chi connectivity index (χ4n) is 3.51. The van der Waals surface area contributed by atoms with Crippen LogP contribution in [0.25, 0.3) is 0 Å². The first-order valence-corrected chi connectivity index (χ1v) is 10.7. The van der Waals surface area contributed by atoms with Gasteiger partial charge in [0.1, 0.15) is 6.10 Å². The number of cyclic esters (lactones) is 1. The van der Waals surface area contributed by atoms with Gasteiger partial charge in [0.25, 0.3) is 0 Å². The van der Waals surface area contributed by atoms with E-state index in [0.29, 0.717) is 32.2 Å². The smallest absolute Gasteiger partial charge is 0.306 e. The van der Waals surface area contributed by atoms with Crippen LogP contribution < -0.4 is 10.6 Å². The Morgan fingerprint density at radius 3 is 2.48 bits per heavy atom. The van der Waals surface area contributed by atoms with Crippen LogP contribution in [0, 0.1) is 5.92 Å². The highest BCUT2D eigenvalue weighted by Gasteiger charge is 2.22. The lowest BCUT2D eigenvalue weighted by Crippen LogP contribution is -2.36. The summed E-state index contributed by atoms with van der Waals surface area (Å²) < 4.78 is 5.64. The molecule has 0 unspecified atom stereocenters. The second-order valence-corrected chi connectivity index (χ2v) is 7.72. The summed E-state index contributed by atoms with van der Waals surface area (Å²) in [5, 5.41) is 6.31. The van der Waals surface area contributed by atoms with Gasteiger partial charge in [0.05, 0.1) is 6.54 Å². The van der Waals surface area contributed by atoms with Gasteiger partial charge in [0, 0.05) is 24.6 Å². The highest BCUT2D eigenvalue weighted by molar-refractivity contribution is 5.79. The van der Waals surface area contributed by atoms with E-state index in [-0.39, 0.29) is 24.3 Å². The molecule has 5 heteroatoms. The van der Waals surface area contributed by atoms with E-state index in [2.05, 4.69) is 29.3 Å². The number of carbonyl (C=O) groups excluding carboxylic acids is 2. The molecule has 0 saturated carbocycles. The molecular weight excluding hydrogens is 388 g/mol. The van der Waals surface area contributed by atoms with Crippen molar-refractivity contribution in [3.63, 3.8) is 0 Å². The molecule has 0 saturated heterocycles. The van der Waals surface area contributed by atoms with Crippen molar-refractivity contribution >= 4 is 11.9 Å². The van der Waals surface area contributed by atoms with Gasteiger partial charge in [0.15, 0.2) is 0 Å². The standard InChI is InChI=1S/C26H30N2O3/c1-20(27-18-21-11-5-2-6-12-21)17-23-15-9-4-10-16-25(29)31-24(19-28-26(23)30)22-13-7-3-8-14-22/h2-9,11-14,23-24,27H,1,10,15-19H2,(H,28,30)/b9-4+/t23-,24-/m0/s1. The first-order chi connectivity index (χ1) is 15.1. The van der Waals surface area contributed by atoms with Crippen molar-refractivity contribution in [2.24, 2.45) is 5.92 Å². The molecule has 0 spiro atoms. The van der Waals surface area contributed by atoms with Crippen molar-refractivity contribution in [2.75, 3.05) is 6.54 Å². The van der Waals surface area contributed by atoms with Crippen molar-refractivity contribution in [1.29, 1.82) is 0 Å². The monoisotopic (exact) mass is 418 g/mol. The lowest BCUT2D eigenvalue weighted by Gasteiger charge is -2.22. The molecule has 1 amide bonds. The van der Waals surface area contributed by atoms with E-state index in [1.54, 1.807) is 0 Å². The van der Waals surface area contributed by atoms with Crippen molar-refractivity contribution in [3.05, 3.63) is 96.2 Å². The zero-order valence-corrected chi connectivity index (χ0v) is 17.8. The molecule has 3 rings (SSSR count). The number of hydrogen-bond acceptors (Lipinski definition) is 4. The van der Waals surface area contributed by atoms with Gasteiger partial charge in [-0.2, -0.15) is 0 Å². The summed E-state index contributed by atoms with van der Waals surface area (Å²) in [7, 11) is 0. The normalized spacial score (nSPS) is 21.0. The Bertz CT molecular complexity index is 893. The fourth-order valence-corrected chi connectivity index (χ4v) is 3.51. The molecule has 0 aromatic heterocycles. The Balaban J connectivity index is 1.63. The molecule has 0 bridgehead atoms. The maximum Gasteiger partial charge on any atom is 0.306 e. The number of amides is 1. The van der Waals surface area contributed by atoms with Gasteiger partial charge in [0.2, 0.25) is 5.91 Å². The van der Waals surface area contributed by atoms with Crippen molar-refractivity contribution in [1.82, 2.24) is 10.6 Å².